The number of fused-ring (bicyclic) bond motifs is 2. The normalized spacial score (nSPS) is 18.7. The van der Waals surface area contributed by atoms with Gasteiger partial charge in [0, 0.05) is 24.4 Å². The van der Waals surface area contributed by atoms with Crippen LogP contribution in [0.1, 0.15) is 24.2 Å². The van der Waals surface area contributed by atoms with Crippen molar-refractivity contribution in [3.63, 3.8) is 0 Å². The number of para-hydroxylation sites is 1. The molecule has 3 atom stereocenters. The van der Waals surface area contributed by atoms with Crippen molar-refractivity contribution in [3.05, 3.63) is 66.2 Å². The third-order valence-electron chi connectivity index (χ3n) is 6.52. The van der Waals surface area contributed by atoms with Crippen molar-refractivity contribution in [2.75, 3.05) is 44.4 Å². The summed E-state index contributed by atoms with van der Waals surface area (Å²) >= 11 is 0. The number of aliphatic hydroxyl groups is 1. The van der Waals surface area contributed by atoms with Gasteiger partial charge in [0.05, 0.1) is 29.6 Å². The van der Waals surface area contributed by atoms with Gasteiger partial charge >= 0.3 is 6.03 Å². The second-order valence-corrected chi connectivity index (χ2v) is 9.67. The highest BCUT2D eigenvalue weighted by atomic mass is 16.5. The number of nitrogens with one attached hydrogen (secondary N) is 2. The van der Waals surface area contributed by atoms with Crippen LogP contribution in [-0.2, 0) is 0 Å². The number of carbonyl (C=O) groups excluding carboxylic acids is 2. The summed E-state index contributed by atoms with van der Waals surface area (Å²) < 4.78 is 6.45. The van der Waals surface area contributed by atoms with Crippen LogP contribution in [0.15, 0.2) is 60.7 Å². The number of likely N-dealkylation sites (N-methyl/N-ethyl adjacent to an activating group) is 1. The van der Waals surface area contributed by atoms with E-state index >= 15 is 0 Å². The van der Waals surface area contributed by atoms with E-state index in [2.05, 4.69) is 10.6 Å². The molecule has 0 bridgehead atoms. The van der Waals surface area contributed by atoms with Gasteiger partial charge in [-0.25, -0.2) is 4.79 Å². The minimum atomic E-state index is -0.435. The van der Waals surface area contributed by atoms with Gasteiger partial charge in [0.25, 0.3) is 5.91 Å². The van der Waals surface area contributed by atoms with Crippen molar-refractivity contribution < 1.29 is 19.4 Å². The molecule has 1 aliphatic heterocycles. The molecule has 0 fully saturated rings. The molecule has 4 rings (SSSR count). The van der Waals surface area contributed by atoms with Crippen LogP contribution < -0.4 is 15.4 Å². The molecule has 3 aromatic carbocycles. The lowest BCUT2D eigenvalue weighted by atomic mass is 9.99. The SMILES string of the molecule is C[C@H](CO)N1C[C@H](C)[C@H](CN(C)C)Oc2c(NC(=O)Nc3cccc4ccccc34)cccc2C1=O. The molecule has 190 valence electrons. The predicted octanol–water partition coefficient (Wildman–Crippen LogP) is 4.27. The summed E-state index contributed by atoms with van der Waals surface area (Å²) in [7, 11) is 3.94. The number of hydrogen-bond donors (Lipinski definition) is 3. The summed E-state index contributed by atoms with van der Waals surface area (Å²) in [5.74, 6) is 0.0972. The maximum atomic E-state index is 13.5. The summed E-state index contributed by atoms with van der Waals surface area (Å²) in [6, 6.07) is 17.9. The number of ether oxygens (including phenoxy) is 1. The van der Waals surface area contributed by atoms with E-state index in [-0.39, 0.29) is 30.6 Å². The summed E-state index contributed by atoms with van der Waals surface area (Å²) in [6.45, 7) is 4.81. The highest BCUT2D eigenvalue weighted by Gasteiger charge is 2.34. The van der Waals surface area contributed by atoms with Crippen LogP contribution >= 0.6 is 0 Å². The van der Waals surface area contributed by atoms with Crippen molar-refractivity contribution in [2.45, 2.75) is 26.0 Å². The van der Waals surface area contributed by atoms with Crippen molar-refractivity contribution in [2.24, 2.45) is 5.92 Å². The first-order valence-electron chi connectivity index (χ1n) is 12.2. The molecule has 0 aromatic heterocycles. The average molecular weight is 491 g/mol. The number of aliphatic hydroxyl groups excluding tert-OH is 1. The fraction of sp³-hybridized carbons (Fsp3) is 0.357. The van der Waals surface area contributed by atoms with E-state index in [0.717, 1.165) is 10.8 Å². The Hall–Kier alpha value is -3.62. The van der Waals surface area contributed by atoms with E-state index < -0.39 is 6.03 Å². The van der Waals surface area contributed by atoms with E-state index in [1.54, 1.807) is 23.1 Å². The molecule has 8 nitrogen and oxygen atoms in total. The van der Waals surface area contributed by atoms with Gasteiger partial charge in [0.2, 0.25) is 0 Å². The highest BCUT2D eigenvalue weighted by Crippen LogP contribution is 2.35. The van der Waals surface area contributed by atoms with Crippen LogP contribution in [0, 0.1) is 5.92 Å². The number of urea groups is 1. The fourth-order valence-corrected chi connectivity index (χ4v) is 4.53. The minimum Gasteiger partial charge on any atom is -0.486 e. The Balaban J connectivity index is 1.68. The van der Waals surface area contributed by atoms with Crippen LogP contribution in [0.3, 0.4) is 0 Å². The van der Waals surface area contributed by atoms with Gasteiger partial charge in [-0.1, -0.05) is 49.4 Å². The van der Waals surface area contributed by atoms with Gasteiger partial charge in [0.15, 0.2) is 5.75 Å². The van der Waals surface area contributed by atoms with E-state index in [1.165, 1.54) is 0 Å². The Morgan fingerprint density at radius 2 is 1.75 bits per heavy atom. The van der Waals surface area contributed by atoms with Gasteiger partial charge < -0.3 is 30.3 Å². The zero-order chi connectivity index (χ0) is 25.8. The van der Waals surface area contributed by atoms with Crippen molar-refractivity contribution in [1.82, 2.24) is 9.80 Å². The van der Waals surface area contributed by atoms with Gasteiger partial charge in [-0.3, -0.25) is 4.79 Å². The number of rotatable bonds is 6. The summed E-state index contributed by atoms with van der Waals surface area (Å²) in [5, 5.41) is 17.6. The molecule has 0 aliphatic carbocycles. The number of nitrogens with zero attached hydrogens (tertiary/aromatic N) is 2. The molecule has 0 saturated carbocycles. The molecular formula is C28H34N4O4. The molecule has 36 heavy (non-hydrogen) atoms. The lowest BCUT2D eigenvalue weighted by Gasteiger charge is -2.38. The quantitative estimate of drug-likeness (QED) is 0.480. The summed E-state index contributed by atoms with van der Waals surface area (Å²) in [4.78, 5) is 30.3. The van der Waals surface area contributed by atoms with Gasteiger partial charge in [-0.2, -0.15) is 0 Å². The number of carbonyl (C=O) groups is 2. The topological polar surface area (TPSA) is 94.1 Å². The van der Waals surface area contributed by atoms with Crippen molar-refractivity contribution in [3.8, 4) is 5.75 Å². The number of benzene rings is 3. The lowest BCUT2D eigenvalue weighted by Crippen LogP contribution is -2.49. The van der Waals surface area contributed by atoms with E-state index in [1.807, 2.05) is 75.3 Å². The largest absolute Gasteiger partial charge is 0.486 e. The van der Waals surface area contributed by atoms with Crippen LogP contribution in [0.5, 0.6) is 5.75 Å². The van der Waals surface area contributed by atoms with E-state index in [0.29, 0.717) is 35.8 Å². The Bertz CT molecular complexity index is 1240. The molecule has 3 N–H and O–H groups in total. The maximum absolute atomic E-state index is 13.5. The van der Waals surface area contributed by atoms with Gasteiger partial charge in [-0.15, -0.1) is 0 Å². The standard InChI is InChI=1S/C28H34N4O4/c1-18-15-32(19(2)17-33)27(34)22-12-8-14-24(26(22)36-25(18)16-31(3)4)30-28(35)29-23-13-7-10-20-9-5-6-11-21(20)23/h5-14,18-19,25,33H,15-17H2,1-4H3,(H2,29,30,35)/t18-,19+,25-/m0/s1. The zero-order valence-corrected chi connectivity index (χ0v) is 21.2. The first-order chi connectivity index (χ1) is 17.3. The van der Waals surface area contributed by atoms with Crippen LogP contribution in [0.25, 0.3) is 10.8 Å². The first kappa shape index (κ1) is 25.5. The van der Waals surface area contributed by atoms with Gasteiger partial charge in [0.1, 0.15) is 6.10 Å². The molecule has 3 amide bonds. The Morgan fingerprint density at radius 1 is 1.08 bits per heavy atom. The molecule has 0 radical (unpaired) electrons. The third kappa shape index (κ3) is 5.45. The second-order valence-electron chi connectivity index (χ2n) is 9.67. The Kier molecular flexibility index (Phi) is 7.76. The molecule has 0 unspecified atom stereocenters. The zero-order valence-electron chi connectivity index (χ0n) is 21.2. The van der Waals surface area contributed by atoms with Crippen LogP contribution in [0.4, 0.5) is 16.2 Å². The molecule has 0 saturated heterocycles. The lowest BCUT2D eigenvalue weighted by molar-refractivity contribution is 0.0365. The van der Waals surface area contributed by atoms with E-state index in [4.69, 9.17) is 4.74 Å². The average Bonchev–Trinajstić information content (AvgIpc) is 2.86. The monoisotopic (exact) mass is 490 g/mol. The van der Waals surface area contributed by atoms with Gasteiger partial charge in [-0.05, 0) is 44.6 Å². The smallest absolute Gasteiger partial charge is 0.323 e. The number of hydrogen-bond acceptors (Lipinski definition) is 5. The summed E-state index contributed by atoms with van der Waals surface area (Å²) in [6.07, 6.45) is -0.232. The second kappa shape index (κ2) is 11.0. The molecule has 3 aromatic rings. The molecule has 0 spiro atoms. The molecular weight excluding hydrogens is 456 g/mol. The van der Waals surface area contributed by atoms with E-state index in [9.17, 15) is 14.7 Å². The first-order valence-corrected chi connectivity index (χ1v) is 12.2. The highest BCUT2D eigenvalue weighted by molar-refractivity contribution is 6.08. The van der Waals surface area contributed by atoms with Crippen LogP contribution in [-0.4, -0.2) is 72.8 Å². The maximum Gasteiger partial charge on any atom is 0.323 e. The Morgan fingerprint density at radius 3 is 2.50 bits per heavy atom. The van der Waals surface area contributed by atoms with Crippen molar-refractivity contribution >= 4 is 34.1 Å². The molecule has 1 heterocycles. The number of anilines is 2. The Labute approximate surface area is 211 Å². The summed E-state index contributed by atoms with van der Waals surface area (Å²) in [5.41, 5.74) is 1.45. The van der Waals surface area contributed by atoms with Crippen LogP contribution in [0.2, 0.25) is 0 Å². The number of amides is 3. The third-order valence-corrected chi connectivity index (χ3v) is 6.52. The molecule has 1 aliphatic rings. The predicted molar refractivity (Wildman–Crippen MR) is 143 cm³/mol. The van der Waals surface area contributed by atoms with Crippen molar-refractivity contribution in [1.29, 1.82) is 0 Å². The minimum absolute atomic E-state index is 0.00364. The molecule has 8 heteroatoms. The fourth-order valence-electron chi connectivity index (χ4n) is 4.53.